The summed E-state index contributed by atoms with van der Waals surface area (Å²) in [5.74, 6) is -0.220. The lowest BCUT2D eigenvalue weighted by Gasteiger charge is -2.24. The van der Waals surface area contributed by atoms with E-state index in [1.165, 1.54) is 6.07 Å². The van der Waals surface area contributed by atoms with Crippen LogP contribution in [0.3, 0.4) is 0 Å². The molecule has 0 saturated heterocycles. The van der Waals surface area contributed by atoms with Crippen molar-refractivity contribution in [2.24, 2.45) is 0 Å². The lowest BCUT2D eigenvalue weighted by molar-refractivity contribution is 0.183. The fourth-order valence-electron chi connectivity index (χ4n) is 3.03. The van der Waals surface area contributed by atoms with Crippen LogP contribution in [0.4, 0.5) is 10.1 Å². The van der Waals surface area contributed by atoms with Crippen LogP contribution >= 0.6 is 0 Å². The number of β-amino-alcohol motifs (C(OH)–C–C–N with tert-alkyl or cyclic N) is 1. The van der Waals surface area contributed by atoms with Crippen LogP contribution in [0.2, 0.25) is 0 Å². The summed E-state index contributed by atoms with van der Waals surface area (Å²) < 4.78 is 13.4. The van der Waals surface area contributed by atoms with Gasteiger partial charge in [-0.3, -0.25) is 0 Å². The molecule has 21 heavy (non-hydrogen) atoms. The Morgan fingerprint density at radius 1 is 1.19 bits per heavy atom. The monoisotopic (exact) mass is 285 g/mol. The fraction of sp³-hybridized carbons (Fsp3) is 0.333. The predicted molar refractivity (Wildman–Crippen MR) is 83.2 cm³/mol. The number of anilines is 1. The summed E-state index contributed by atoms with van der Waals surface area (Å²) in [6.07, 6.45) is 0.355. The van der Waals surface area contributed by atoms with Gasteiger partial charge in [0.1, 0.15) is 5.82 Å². The first kappa shape index (κ1) is 14.1. The van der Waals surface area contributed by atoms with E-state index >= 15 is 0 Å². The van der Waals surface area contributed by atoms with E-state index in [1.807, 2.05) is 38.1 Å². The molecule has 0 spiro atoms. The second-order valence-corrected chi connectivity index (χ2v) is 5.84. The van der Waals surface area contributed by atoms with Crippen molar-refractivity contribution in [2.75, 3.05) is 18.0 Å². The van der Waals surface area contributed by atoms with Crippen LogP contribution < -0.4 is 4.90 Å². The van der Waals surface area contributed by atoms with E-state index in [9.17, 15) is 9.50 Å². The number of rotatable bonds is 3. The van der Waals surface area contributed by atoms with Gasteiger partial charge in [-0.05, 0) is 49.1 Å². The number of nitrogens with zero attached hydrogens (tertiary/aromatic N) is 1. The first-order chi connectivity index (χ1) is 10.0. The lowest BCUT2D eigenvalue weighted by atomic mass is 10.0. The molecule has 1 aliphatic rings. The van der Waals surface area contributed by atoms with Crippen molar-refractivity contribution in [1.82, 2.24) is 0 Å². The third-order valence-electron chi connectivity index (χ3n) is 4.23. The molecule has 0 bridgehead atoms. The van der Waals surface area contributed by atoms with Crippen molar-refractivity contribution < 1.29 is 9.50 Å². The smallest absolute Gasteiger partial charge is 0.125 e. The van der Waals surface area contributed by atoms with Gasteiger partial charge in [0, 0.05) is 18.8 Å². The molecule has 1 N–H and O–H groups in total. The summed E-state index contributed by atoms with van der Waals surface area (Å²) in [5, 5.41) is 10.5. The number of fused-ring (bicyclic) bond motifs is 1. The van der Waals surface area contributed by atoms with Gasteiger partial charge in [-0.1, -0.05) is 29.8 Å². The Hall–Kier alpha value is -1.87. The van der Waals surface area contributed by atoms with Gasteiger partial charge in [-0.15, -0.1) is 0 Å². The van der Waals surface area contributed by atoms with Crippen LogP contribution in [-0.2, 0) is 6.42 Å². The highest BCUT2D eigenvalue weighted by atomic mass is 19.1. The molecule has 1 unspecified atom stereocenters. The number of aliphatic hydroxyl groups excluding tert-OH is 1. The Bertz CT molecular complexity index is 668. The van der Waals surface area contributed by atoms with Gasteiger partial charge in [0.25, 0.3) is 0 Å². The van der Waals surface area contributed by atoms with E-state index in [4.69, 9.17) is 0 Å². The molecule has 0 fully saturated rings. The summed E-state index contributed by atoms with van der Waals surface area (Å²) in [6.45, 7) is 5.37. The molecule has 1 aliphatic heterocycles. The van der Waals surface area contributed by atoms with Crippen LogP contribution in [0.15, 0.2) is 36.4 Å². The highest BCUT2D eigenvalue weighted by molar-refractivity contribution is 5.58. The Labute approximate surface area is 124 Å². The minimum atomic E-state index is -0.556. The fourth-order valence-corrected chi connectivity index (χ4v) is 3.03. The summed E-state index contributed by atoms with van der Waals surface area (Å²) >= 11 is 0. The van der Waals surface area contributed by atoms with Gasteiger partial charge in [0.2, 0.25) is 0 Å². The number of halogens is 1. The number of hydrogen-bond donors (Lipinski definition) is 1. The van der Waals surface area contributed by atoms with Gasteiger partial charge in [0.15, 0.2) is 0 Å². The Balaban J connectivity index is 1.82. The second kappa shape index (κ2) is 5.49. The van der Waals surface area contributed by atoms with Crippen molar-refractivity contribution in [3.05, 3.63) is 64.5 Å². The zero-order valence-corrected chi connectivity index (χ0v) is 12.4. The van der Waals surface area contributed by atoms with Crippen molar-refractivity contribution in [1.29, 1.82) is 0 Å². The molecule has 2 aromatic rings. The first-order valence-corrected chi connectivity index (χ1v) is 7.33. The van der Waals surface area contributed by atoms with Gasteiger partial charge >= 0.3 is 0 Å². The van der Waals surface area contributed by atoms with Crippen LogP contribution in [-0.4, -0.2) is 18.2 Å². The maximum Gasteiger partial charge on any atom is 0.125 e. The molecule has 3 rings (SSSR count). The molecule has 1 atom stereocenters. The largest absolute Gasteiger partial charge is 0.387 e. The molecule has 0 radical (unpaired) electrons. The summed E-state index contributed by atoms with van der Waals surface area (Å²) in [5.41, 5.74) is 5.26. The molecule has 0 amide bonds. The van der Waals surface area contributed by atoms with Crippen LogP contribution in [0.25, 0.3) is 0 Å². The quantitative estimate of drug-likeness (QED) is 0.932. The highest BCUT2D eigenvalue weighted by Crippen LogP contribution is 2.31. The minimum Gasteiger partial charge on any atom is -0.387 e. The predicted octanol–water partition coefficient (Wildman–Crippen LogP) is 3.54. The van der Waals surface area contributed by atoms with Crippen LogP contribution in [0.1, 0.15) is 28.4 Å². The molecule has 0 aliphatic carbocycles. The third kappa shape index (κ3) is 2.79. The van der Waals surface area contributed by atoms with E-state index in [1.54, 1.807) is 6.07 Å². The van der Waals surface area contributed by atoms with Crippen molar-refractivity contribution in [3.8, 4) is 0 Å². The molecule has 1 heterocycles. The average Bonchev–Trinajstić information content (AvgIpc) is 2.84. The molecule has 2 aromatic carbocycles. The zero-order chi connectivity index (χ0) is 15.0. The van der Waals surface area contributed by atoms with Gasteiger partial charge < -0.3 is 10.0 Å². The maximum absolute atomic E-state index is 13.4. The normalized spacial score (nSPS) is 15.1. The molecule has 0 aromatic heterocycles. The Morgan fingerprint density at radius 3 is 2.81 bits per heavy atom. The second-order valence-electron chi connectivity index (χ2n) is 5.84. The third-order valence-corrected chi connectivity index (χ3v) is 4.23. The average molecular weight is 285 g/mol. The van der Waals surface area contributed by atoms with E-state index in [0.717, 1.165) is 40.9 Å². The van der Waals surface area contributed by atoms with Gasteiger partial charge in [0.05, 0.1) is 6.10 Å². The maximum atomic E-state index is 13.4. The Kier molecular flexibility index (Phi) is 3.68. The molecule has 3 heteroatoms. The topological polar surface area (TPSA) is 23.5 Å². The van der Waals surface area contributed by atoms with Gasteiger partial charge in [-0.2, -0.15) is 0 Å². The zero-order valence-electron chi connectivity index (χ0n) is 12.4. The van der Waals surface area contributed by atoms with E-state index in [0.29, 0.717) is 6.54 Å². The number of hydrogen-bond acceptors (Lipinski definition) is 2. The Morgan fingerprint density at radius 2 is 2.00 bits per heavy atom. The van der Waals surface area contributed by atoms with Crippen LogP contribution in [0, 0.1) is 19.7 Å². The SMILES string of the molecule is Cc1ccc(C)c(C(O)CN2CCc3ccc(F)cc32)c1. The lowest BCUT2D eigenvalue weighted by Crippen LogP contribution is -2.27. The number of benzene rings is 2. The summed E-state index contributed by atoms with van der Waals surface area (Å²) in [7, 11) is 0. The summed E-state index contributed by atoms with van der Waals surface area (Å²) in [4.78, 5) is 2.07. The first-order valence-electron chi connectivity index (χ1n) is 7.33. The standard InChI is InChI=1S/C18H20FNO/c1-12-3-4-13(2)16(9-12)18(21)11-20-8-7-14-5-6-15(19)10-17(14)20/h3-6,9-10,18,21H,7-8,11H2,1-2H3. The van der Waals surface area contributed by atoms with Crippen molar-refractivity contribution >= 4 is 5.69 Å². The number of aryl methyl sites for hydroxylation is 2. The minimum absolute atomic E-state index is 0.220. The molecular formula is C18H20FNO. The van der Waals surface area contributed by atoms with E-state index < -0.39 is 6.10 Å². The van der Waals surface area contributed by atoms with Crippen molar-refractivity contribution in [2.45, 2.75) is 26.4 Å². The molecular weight excluding hydrogens is 265 g/mol. The van der Waals surface area contributed by atoms with E-state index in [2.05, 4.69) is 4.90 Å². The highest BCUT2D eigenvalue weighted by Gasteiger charge is 2.23. The van der Waals surface area contributed by atoms with Gasteiger partial charge in [-0.25, -0.2) is 4.39 Å². The van der Waals surface area contributed by atoms with Crippen molar-refractivity contribution in [3.63, 3.8) is 0 Å². The van der Waals surface area contributed by atoms with Crippen LogP contribution in [0.5, 0.6) is 0 Å². The number of aliphatic hydroxyl groups is 1. The molecule has 2 nitrogen and oxygen atoms in total. The van der Waals surface area contributed by atoms with E-state index in [-0.39, 0.29) is 5.82 Å². The summed E-state index contributed by atoms with van der Waals surface area (Å²) in [6, 6.07) is 11.0. The molecule has 110 valence electrons. The molecule has 0 saturated carbocycles.